The van der Waals surface area contributed by atoms with Gasteiger partial charge in [-0.1, -0.05) is 0 Å². The van der Waals surface area contributed by atoms with Crippen LogP contribution in [0.4, 0.5) is 5.82 Å². The lowest BCUT2D eigenvalue weighted by Crippen LogP contribution is -2.55. The van der Waals surface area contributed by atoms with Crippen LogP contribution in [-0.2, 0) is 9.53 Å². The Kier molecular flexibility index (Phi) is 4.48. The molecule has 1 aliphatic rings. The van der Waals surface area contributed by atoms with Gasteiger partial charge < -0.3 is 15.0 Å². The van der Waals surface area contributed by atoms with Crippen molar-refractivity contribution in [1.82, 2.24) is 15.3 Å². The molecule has 2 rings (SSSR count). The van der Waals surface area contributed by atoms with Gasteiger partial charge >= 0.3 is 0 Å². The molecule has 0 saturated carbocycles. The first-order chi connectivity index (χ1) is 9.61. The number of nitrogens with one attached hydrogen (secondary N) is 1. The van der Waals surface area contributed by atoms with Crippen LogP contribution >= 0.6 is 0 Å². The number of rotatable bonds is 3. The van der Waals surface area contributed by atoms with Gasteiger partial charge in [0, 0.05) is 12.6 Å². The van der Waals surface area contributed by atoms with Gasteiger partial charge in [0.05, 0.1) is 25.6 Å². The van der Waals surface area contributed by atoms with Crippen LogP contribution in [0.15, 0.2) is 12.4 Å². The summed E-state index contributed by atoms with van der Waals surface area (Å²) >= 11 is 0. The van der Waals surface area contributed by atoms with Crippen molar-refractivity contribution in [1.29, 1.82) is 5.26 Å². The number of ether oxygens (including phenoxy) is 1. The molecule has 0 aromatic carbocycles. The van der Waals surface area contributed by atoms with E-state index in [2.05, 4.69) is 15.3 Å². The van der Waals surface area contributed by atoms with Crippen molar-refractivity contribution in [3.63, 3.8) is 0 Å². The summed E-state index contributed by atoms with van der Waals surface area (Å²) in [5.41, 5.74) is 0.255. The number of nitriles is 1. The van der Waals surface area contributed by atoms with Crippen LogP contribution in [0.2, 0.25) is 0 Å². The SMILES string of the molecule is CC(C)NC(=O)C1COCCN1c1cnc(C#N)cn1. The van der Waals surface area contributed by atoms with Gasteiger partial charge in [0.1, 0.15) is 17.9 Å². The Balaban J connectivity index is 2.17. The fourth-order valence-electron chi connectivity index (χ4n) is 2.00. The summed E-state index contributed by atoms with van der Waals surface area (Å²) in [5.74, 6) is 0.488. The third-order valence-corrected chi connectivity index (χ3v) is 2.91. The Morgan fingerprint density at radius 3 is 2.95 bits per heavy atom. The van der Waals surface area contributed by atoms with E-state index < -0.39 is 6.04 Å². The largest absolute Gasteiger partial charge is 0.377 e. The number of morpholine rings is 1. The summed E-state index contributed by atoms with van der Waals surface area (Å²) in [6, 6.07) is 1.57. The first-order valence-corrected chi connectivity index (χ1v) is 6.48. The van der Waals surface area contributed by atoms with Gasteiger partial charge in [-0.15, -0.1) is 0 Å². The standard InChI is InChI=1S/C13H17N5O2/c1-9(2)17-13(19)11-8-20-4-3-18(11)12-7-15-10(5-14)6-16-12/h6-7,9,11H,3-4,8H2,1-2H3,(H,17,19). The molecule has 1 fully saturated rings. The first-order valence-electron chi connectivity index (χ1n) is 6.48. The van der Waals surface area contributed by atoms with Crippen molar-refractivity contribution >= 4 is 11.7 Å². The summed E-state index contributed by atoms with van der Waals surface area (Å²) < 4.78 is 5.38. The van der Waals surface area contributed by atoms with Crippen molar-refractivity contribution in [2.75, 3.05) is 24.7 Å². The Morgan fingerprint density at radius 1 is 1.55 bits per heavy atom. The zero-order chi connectivity index (χ0) is 14.5. The van der Waals surface area contributed by atoms with E-state index in [1.165, 1.54) is 12.4 Å². The van der Waals surface area contributed by atoms with Crippen molar-refractivity contribution in [2.24, 2.45) is 0 Å². The van der Waals surface area contributed by atoms with Gasteiger partial charge in [0.15, 0.2) is 5.69 Å². The van der Waals surface area contributed by atoms with Crippen LogP contribution < -0.4 is 10.2 Å². The number of amides is 1. The minimum atomic E-state index is -0.423. The maximum Gasteiger partial charge on any atom is 0.245 e. The molecule has 0 radical (unpaired) electrons. The van der Waals surface area contributed by atoms with Crippen molar-refractivity contribution in [3.05, 3.63) is 18.1 Å². The lowest BCUT2D eigenvalue weighted by atomic mass is 10.2. The second kappa shape index (κ2) is 6.30. The number of carbonyl (C=O) groups is 1. The number of anilines is 1. The third kappa shape index (κ3) is 3.22. The van der Waals surface area contributed by atoms with Crippen LogP contribution in [0.25, 0.3) is 0 Å². The van der Waals surface area contributed by atoms with E-state index >= 15 is 0 Å². The fraction of sp³-hybridized carbons (Fsp3) is 0.538. The topological polar surface area (TPSA) is 91.1 Å². The molecule has 1 aliphatic heterocycles. The predicted octanol–water partition coefficient (Wildman–Crippen LogP) is 0.0781. The second-order valence-electron chi connectivity index (χ2n) is 4.82. The molecule has 2 heterocycles. The van der Waals surface area contributed by atoms with Gasteiger partial charge in [-0.2, -0.15) is 5.26 Å². The van der Waals surface area contributed by atoms with Gasteiger partial charge in [0.25, 0.3) is 0 Å². The molecule has 0 aliphatic carbocycles. The van der Waals surface area contributed by atoms with Crippen LogP contribution in [0, 0.1) is 11.3 Å². The summed E-state index contributed by atoms with van der Waals surface area (Å²) in [6.07, 6.45) is 2.92. The molecule has 0 spiro atoms. The minimum absolute atomic E-state index is 0.0679. The van der Waals surface area contributed by atoms with E-state index in [-0.39, 0.29) is 17.6 Å². The third-order valence-electron chi connectivity index (χ3n) is 2.91. The van der Waals surface area contributed by atoms with Gasteiger partial charge in [-0.05, 0) is 13.8 Å². The Labute approximate surface area is 117 Å². The van der Waals surface area contributed by atoms with Crippen LogP contribution in [0.3, 0.4) is 0 Å². The van der Waals surface area contributed by atoms with Crippen LogP contribution in [0.1, 0.15) is 19.5 Å². The van der Waals surface area contributed by atoms with Gasteiger partial charge in [0.2, 0.25) is 5.91 Å². The maximum atomic E-state index is 12.2. The van der Waals surface area contributed by atoms with E-state index in [0.29, 0.717) is 25.6 Å². The summed E-state index contributed by atoms with van der Waals surface area (Å²) in [7, 11) is 0. The smallest absolute Gasteiger partial charge is 0.245 e. The molecule has 1 atom stereocenters. The van der Waals surface area contributed by atoms with E-state index in [0.717, 1.165) is 0 Å². The normalized spacial score (nSPS) is 18.7. The lowest BCUT2D eigenvalue weighted by molar-refractivity contribution is -0.125. The molecule has 7 heteroatoms. The highest BCUT2D eigenvalue weighted by Crippen LogP contribution is 2.16. The van der Waals surface area contributed by atoms with Gasteiger partial charge in [-0.3, -0.25) is 4.79 Å². The molecule has 20 heavy (non-hydrogen) atoms. The Bertz CT molecular complexity index is 508. The number of aromatic nitrogens is 2. The van der Waals surface area contributed by atoms with E-state index in [4.69, 9.17) is 10.00 Å². The molecular formula is C13H17N5O2. The second-order valence-corrected chi connectivity index (χ2v) is 4.82. The molecule has 1 aromatic rings. The van der Waals surface area contributed by atoms with E-state index in [1.807, 2.05) is 24.8 Å². The highest BCUT2D eigenvalue weighted by atomic mass is 16.5. The Morgan fingerprint density at radius 2 is 2.35 bits per heavy atom. The molecule has 1 amide bonds. The quantitative estimate of drug-likeness (QED) is 0.840. The zero-order valence-electron chi connectivity index (χ0n) is 11.5. The fourth-order valence-corrected chi connectivity index (χ4v) is 2.00. The molecule has 0 bridgehead atoms. The first kappa shape index (κ1) is 14.2. The molecule has 1 aromatic heterocycles. The number of carbonyl (C=O) groups excluding carboxylic acids is 1. The number of nitrogens with zero attached hydrogens (tertiary/aromatic N) is 4. The van der Waals surface area contributed by atoms with Crippen molar-refractivity contribution < 1.29 is 9.53 Å². The van der Waals surface area contributed by atoms with Crippen LogP contribution in [-0.4, -0.2) is 47.7 Å². The van der Waals surface area contributed by atoms with Crippen molar-refractivity contribution in [3.8, 4) is 6.07 Å². The molecule has 1 unspecified atom stereocenters. The molecule has 1 N–H and O–H groups in total. The highest BCUT2D eigenvalue weighted by Gasteiger charge is 2.30. The van der Waals surface area contributed by atoms with Crippen molar-refractivity contribution in [2.45, 2.75) is 25.9 Å². The molecule has 106 valence electrons. The average molecular weight is 275 g/mol. The summed E-state index contributed by atoms with van der Waals surface area (Å²) in [5, 5.41) is 11.6. The predicted molar refractivity (Wildman–Crippen MR) is 72.0 cm³/mol. The molecular weight excluding hydrogens is 258 g/mol. The van der Waals surface area contributed by atoms with E-state index in [1.54, 1.807) is 0 Å². The highest BCUT2D eigenvalue weighted by molar-refractivity contribution is 5.85. The number of hydrogen-bond donors (Lipinski definition) is 1. The Hall–Kier alpha value is -2.20. The summed E-state index contributed by atoms with van der Waals surface area (Å²) in [4.78, 5) is 22.2. The molecule has 1 saturated heterocycles. The summed E-state index contributed by atoms with van der Waals surface area (Å²) in [6.45, 7) is 5.24. The molecule has 7 nitrogen and oxygen atoms in total. The van der Waals surface area contributed by atoms with Crippen LogP contribution in [0.5, 0.6) is 0 Å². The van der Waals surface area contributed by atoms with Gasteiger partial charge in [-0.25, -0.2) is 9.97 Å². The average Bonchev–Trinajstić information content (AvgIpc) is 2.46. The maximum absolute atomic E-state index is 12.2. The lowest BCUT2D eigenvalue weighted by Gasteiger charge is -2.35. The number of hydrogen-bond acceptors (Lipinski definition) is 6. The zero-order valence-corrected chi connectivity index (χ0v) is 11.5. The minimum Gasteiger partial charge on any atom is -0.377 e. The monoisotopic (exact) mass is 275 g/mol. The van der Waals surface area contributed by atoms with E-state index in [9.17, 15) is 4.79 Å².